The summed E-state index contributed by atoms with van der Waals surface area (Å²) in [5, 5.41) is 1.50. The second kappa shape index (κ2) is 10.4. The van der Waals surface area contributed by atoms with Crippen LogP contribution in [0.1, 0.15) is 25.7 Å². The van der Waals surface area contributed by atoms with Crippen molar-refractivity contribution >= 4 is 20.8 Å². The molecule has 1 aliphatic heterocycles. The van der Waals surface area contributed by atoms with Crippen molar-refractivity contribution in [2.75, 3.05) is 26.2 Å². The van der Waals surface area contributed by atoms with E-state index in [-0.39, 0.29) is 11.9 Å². The number of nitrogens with zero attached hydrogens (tertiary/aromatic N) is 2. The van der Waals surface area contributed by atoms with Gasteiger partial charge in [-0.1, -0.05) is 12.1 Å². The highest BCUT2D eigenvalue weighted by Crippen LogP contribution is 2.23. The Hall–Kier alpha value is -2.55. The van der Waals surface area contributed by atoms with Gasteiger partial charge < -0.3 is 9.64 Å². The van der Waals surface area contributed by atoms with Crippen LogP contribution in [0, 0.1) is 5.82 Å². The van der Waals surface area contributed by atoms with E-state index in [9.17, 15) is 12.8 Å². The highest BCUT2D eigenvalue weighted by atomic mass is 32.2. The number of unbranched alkanes of at least 4 members (excludes halogenated alkanes) is 1. The molecule has 8 heteroatoms. The number of hydrogen-bond donors (Lipinski definition) is 1. The van der Waals surface area contributed by atoms with E-state index in [1.807, 2.05) is 6.07 Å². The van der Waals surface area contributed by atoms with Gasteiger partial charge in [0, 0.05) is 29.2 Å². The molecule has 3 aromatic rings. The molecule has 0 saturated carbocycles. The lowest BCUT2D eigenvalue weighted by molar-refractivity contribution is 0.198. The molecule has 0 aliphatic carbocycles. The summed E-state index contributed by atoms with van der Waals surface area (Å²) in [6, 6.07) is 13.0. The number of ether oxygens (including phenoxy) is 1. The number of fused-ring (bicyclic) bond motifs is 1. The zero-order valence-corrected chi connectivity index (χ0v) is 18.7. The monoisotopic (exact) mass is 457 g/mol. The van der Waals surface area contributed by atoms with Gasteiger partial charge in [0.15, 0.2) is 0 Å². The highest BCUT2D eigenvalue weighted by Gasteiger charge is 2.25. The molecule has 0 amide bonds. The zero-order chi connectivity index (χ0) is 22.4. The molecule has 0 atom stereocenters. The number of rotatable bonds is 9. The van der Waals surface area contributed by atoms with E-state index < -0.39 is 10.0 Å². The normalized spacial score (nSPS) is 15.8. The number of aromatic nitrogens is 1. The number of piperidine rings is 1. The van der Waals surface area contributed by atoms with Gasteiger partial charge in [-0.2, -0.15) is 0 Å². The average Bonchev–Trinajstić information content (AvgIpc) is 2.80. The van der Waals surface area contributed by atoms with Crippen LogP contribution in [-0.4, -0.2) is 50.6 Å². The van der Waals surface area contributed by atoms with Gasteiger partial charge in [-0.15, -0.1) is 0 Å². The van der Waals surface area contributed by atoms with Crippen molar-refractivity contribution in [3.8, 4) is 5.75 Å². The second-order valence-electron chi connectivity index (χ2n) is 8.10. The van der Waals surface area contributed by atoms with Crippen LogP contribution in [0.3, 0.4) is 0 Å². The maximum atomic E-state index is 13.0. The van der Waals surface area contributed by atoms with E-state index >= 15 is 0 Å². The number of likely N-dealkylation sites (tertiary alicyclic amines) is 1. The van der Waals surface area contributed by atoms with Crippen LogP contribution in [-0.2, 0) is 10.0 Å². The number of sulfonamides is 1. The minimum atomic E-state index is -3.59. The Kier molecular flexibility index (Phi) is 7.34. The number of benzene rings is 2. The quantitative estimate of drug-likeness (QED) is 0.492. The summed E-state index contributed by atoms with van der Waals surface area (Å²) in [7, 11) is -3.59. The first-order chi connectivity index (χ1) is 15.5. The molecule has 2 heterocycles. The van der Waals surface area contributed by atoms with Crippen molar-refractivity contribution in [2.24, 2.45) is 0 Å². The molecule has 6 nitrogen and oxygen atoms in total. The molecular formula is C24H28FN3O3S. The predicted molar refractivity (Wildman–Crippen MR) is 123 cm³/mol. The van der Waals surface area contributed by atoms with Crippen LogP contribution in [0.2, 0.25) is 0 Å². The SMILES string of the molecule is O=S(=O)(NC1CCN(CCCCOc2ccc(F)cc2)CC1)c1cccc2cnccc12. The average molecular weight is 458 g/mol. The molecule has 0 bridgehead atoms. The number of hydrogen-bond acceptors (Lipinski definition) is 5. The lowest BCUT2D eigenvalue weighted by Gasteiger charge is -2.32. The fourth-order valence-electron chi connectivity index (χ4n) is 4.04. The van der Waals surface area contributed by atoms with E-state index in [1.165, 1.54) is 12.1 Å². The summed E-state index contributed by atoms with van der Waals surface area (Å²) in [5.41, 5.74) is 0. The topological polar surface area (TPSA) is 71.5 Å². The molecule has 170 valence electrons. The van der Waals surface area contributed by atoms with Crippen LogP contribution in [0.5, 0.6) is 5.75 Å². The minimum absolute atomic E-state index is 0.0600. The number of halogens is 1. The Morgan fingerprint density at radius 2 is 1.84 bits per heavy atom. The summed E-state index contributed by atoms with van der Waals surface area (Å²) >= 11 is 0. The van der Waals surface area contributed by atoms with Gasteiger partial charge in [-0.3, -0.25) is 4.98 Å². The first kappa shape index (κ1) is 22.6. The number of pyridine rings is 1. The minimum Gasteiger partial charge on any atom is -0.494 e. The fourth-order valence-corrected chi connectivity index (χ4v) is 5.58. The van der Waals surface area contributed by atoms with Crippen LogP contribution >= 0.6 is 0 Å². The second-order valence-corrected chi connectivity index (χ2v) is 9.78. The molecule has 0 unspecified atom stereocenters. The van der Waals surface area contributed by atoms with E-state index in [2.05, 4.69) is 14.6 Å². The Bertz CT molecular complexity index is 1130. The largest absolute Gasteiger partial charge is 0.494 e. The smallest absolute Gasteiger partial charge is 0.241 e. The summed E-state index contributed by atoms with van der Waals surface area (Å²) in [6.45, 7) is 3.29. The van der Waals surface area contributed by atoms with Crippen LogP contribution in [0.15, 0.2) is 65.8 Å². The third-order valence-corrected chi connectivity index (χ3v) is 7.37. The van der Waals surface area contributed by atoms with Gasteiger partial charge in [0.1, 0.15) is 11.6 Å². The molecule has 1 fully saturated rings. The molecule has 0 radical (unpaired) electrons. The maximum absolute atomic E-state index is 13.0. The van der Waals surface area contributed by atoms with E-state index in [0.717, 1.165) is 50.7 Å². The van der Waals surface area contributed by atoms with Crippen molar-refractivity contribution in [3.05, 3.63) is 66.7 Å². The summed E-state index contributed by atoms with van der Waals surface area (Å²) in [5.74, 6) is 0.416. The molecule has 4 rings (SSSR count). The summed E-state index contributed by atoms with van der Waals surface area (Å²) < 4.78 is 47.4. The molecule has 32 heavy (non-hydrogen) atoms. The molecule has 1 saturated heterocycles. The molecule has 1 aromatic heterocycles. The Labute approximate surface area is 188 Å². The molecule has 0 spiro atoms. The third-order valence-electron chi connectivity index (χ3n) is 5.79. The van der Waals surface area contributed by atoms with E-state index in [4.69, 9.17) is 4.74 Å². The predicted octanol–water partition coefficient (Wildman–Crippen LogP) is 3.98. The van der Waals surface area contributed by atoms with Crippen molar-refractivity contribution in [1.29, 1.82) is 0 Å². The van der Waals surface area contributed by atoms with Gasteiger partial charge in [0.25, 0.3) is 0 Å². The van der Waals surface area contributed by atoms with E-state index in [1.54, 1.807) is 42.7 Å². The standard InChI is InChI=1S/C24H28FN3O3S/c25-20-6-8-22(9-7-20)31-17-2-1-14-28-15-11-21(12-16-28)27-32(29,30)24-5-3-4-19-18-26-13-10-23(19)24/h3-10,13,18,21,27H,1-2,11-12,14-17H2. The lowest BCUT2D eigenvalue weighted by atomic mass is 10.1. The fraction of sp³-hybridized carbons (Fsp3) is 0.375. The van der Waals surface area contributed by atoms with Crippen molar-refractivity contribution < 1.29 is 17.5 Å². The van der Waals surface area contributed by atoms with Crippen LogP contribution in [0.25, 0.3) is 10.8 Å². The van der Waals surface area contributed by atoms with Crippen LogP contribution in [0.4, 0.5) is 4.39 Å². The maximum Gasteiger partial charge on any atom is 0.241 e. The summed E-state index contributed by atoms with van der Waals surface area (Å²) in [4.78, 5) is 6.75. The molecule has 2 aromatic carbocycles. The van der Waals surface area contributed by atoms with Gasteiger partial charge in [-0.05, 0) is 81.7 Å². The van der Waals surface area contributed by atoms with Crippen molar-refractivity contribution in [3.63, 3.8) is 0 Å². The van der Waals surface area contributed by atoms with Gasteiger partial charge in [0.05, 0.1) is 11.5 Å². The lowest BCUT2D eigenvalue weighted by Crippen LogP contribution is -2.44. The van der Waals surface area contributed by atoms with E-state index in [0.29, 0.717) is 22.6 Å². The number of nitrogens with one attached hydrogen (secondary N) is 1. The Balaban J connectivity index is 1.20. The van der Waals surface area contributed by atoms with Crippen LogP contribution < -0.4 is 9.46 Å². The van der Waals surface area contributed by atoms with Crippen molar-refractivity contribution in [2.45, 2.75) is 36.6 Å². The molecule has 1 N–H and O–H groups in total. The van der Waals surface area contributed by atoms with Gasteiger partial charge >= 0.3 is 0 Å². The van der Waals surface area contributed by atoms with Gasteiger partial charge in [0.2, 0.25) is 10.0 Å². The Morgan fingerprint density at radius 1 is 1.06 bits per heavy atom. The van der Waals surface area contributed by atoms with Crippen molar-refractivity contribution in [1.82, 2.24) is 14.6 Å². The molecular weight excluding hydrogens is 429 g/mol. The van der Waals surface area contributed by atoms with Gasteiger partial charge in [-0.25, -0.2) is 17.5 Å². The Morgan fingerprint density at radius 3 is 2.62 bits per heavy atom. The summed E-state index contributed by atoms with van der Waals surface area (Å²) in [6.07, 6.45) is 6.79. The first-order valence-electron chi connectivity index (χ1n) is 11.0. The highest BCUT2D eigenvalue weighted by molar-refractivity contribution is 7.89. The first-order valence-corrected chi connectivity index (χ1v) is 12.5. The molecule has 1 aliphatic rings. The zero-order valence-electron chi connectivity index (χ0n) is 17.9. The third kappa shape index (κ3) is 5.82.